The summed E-state index contributed by atoms with van der Waals surface area (Å²) in [4.78, 5) is 22.5. The summed E-state index contributed by atoms with van der Waals surface area (Å²) < 4.78 is 0. The van der Waals surface area contributed by atoms with Gasteiger partial charge in [-0.05, 0) is 36.9 Å². The molecule has 1 aliphatic carbocycles. The Kier molecular flexibility index (Phi) is 4.96. The summed E-state index contributed by atoms with van der Waals surface area (Å²) in [7, 11) is 0. The molecule has 0 aromatic carbocycles. The Balaban J connectivity index is 1.65. The Hall–Kier alpha value is -0.910. The van der Waals surface area contributed by atoms with Gasteiger partial charge >= 0.3 is 12.0 Å². The molecule has 0 aromatic heterocycles. The van der Waals surface area contributed by atoms with Gasteiger partial charge in [0, 0.05) is 18.3 Å². The van der Waals surface area contributed by atoms with Crippen molar-refractivity contribution in [3.63, 3.8) is 0 Å². The molecule has 2 aliphatic rings. The predicted molar refractivity (Wildman–Crippen MR) is 75.4 cm³/mol. The first kappa shape index (κ1) is 14.5. The molecular weight excluding hydrogens is 264 g/mol. The molecule has 0 aromatic rings. The summed E-state index contributed by atoms with van der Waals surface area (Å²) in [6.45, 7) is 1.19. The van der Waals surface area contributed by atoms with E-state index in [1.807, 2.05) is 11.8 Å². The van der Waals surface area contributed by atoms with Crippen LogP contribution >= 0.6 is 11.8 Å². The molecule has 19 heavy (non-hydrogen) atoms. The van der Waals surface area contributed by atoms with Crippen LogP contribution in [0.1, 0.15) is 38.5 Å². The van der Waals surface area contributed by atoms with Crippen molar-refractivity contribution in [3.05, 3.63) is 0 Å². The van der Waals surface area contributed by atoms with E-state index in [1.165, 1.54) is 18.6 Å². The first-order chi connectivity index (χ1) is 9.10. The van der Waals surface area contributed by atoms with E-state index in [1.54, 1.807) is 0 Å². The number of thioether (sulfide) groups is 1. The van der Waals surface area contributed by atoms with Gasteiger partial charge < -0.3 is 15.7 Å². The highest BCUT2D eigenvalue weighted by Gasteiger charge is 2.39. The number of hydrogen-bond acceptors (Lipinski definition) is 3. The zero-order valence-corrected chi connectivity index (χ0v) is 11.9. The Morgan fingerprint density at radius 1 is 1.26 bits per heavy atom. The molecule has 0 bridgehead atoms. The lowest BCUT2D eigenvalue weighted by Gasteiger charge is -2.40. The lowest BCUT2D eigenvalue weighted by atomic mass is 9.66. The molecule has 3 N–H and O–H groups in total. The van der Waals surface area contributed by atoms with E-state index >= 15 is 0 Å². The Bertz CT molecular complexity index is 339. The van der Waals surface area contributed by atoms with Gasteiger partial charge in [-0.25, -0.2) is 4.79 Å². The number of amides is 2. The fraction of sp³-hybridized carbons (Fsp3) is 0.846. The highest BCUT2D eigenvalue weighted by Crippen LogP contribution is 2.43. The molecule has 1 heterocycles. The van der Waals surface area contributed by atoms with E-state index in [0.29, 0.717) is 18.3 Å². The summed E-state index contributed by atoms with van der Waals surface area (Å²) >= 11 is 1.91. The number of aliphatic carboxylic acids is 1. The number of carboxylic acid groups (broad SMARTS) is 1. The Morgan fingerprint density at radius 2 is 2.05 bits per heavy atom. The molecule has 1 saturated heterocycles. The standard InChI is InChI=1S/C13H22N2O3S/c16-11(17)7-13(4-2-5-13)9-15-12(18)14-8-10-3-1-6-19-10/h10H,1-9H2,(H,16,17)(H2,14,15,18). The van der Waals surface area contributed by atoms with E-state index < -0.39 is 5.97 Å². The minimum absolute atomic E-state index is 0.158. The Labute approximate surface area is 117 Å². The summed E-state index contributed by atoms with van der Waals surface area (Å²) in [6.07, 6.45) is 5.44. The van der Waals surface area contributed by atoms with Crippen molar-refractivity contribution in [2.75, 3.05) is 18.8 Å². The third-order valence-electron chi connectivity index (χ3n) is 4.08. The van der Waals surface area contributed by atoms with Crippen LogP contribution in [0.5, 0.6) is 0 Å². The fourth-order valence-electron chi connectivity index (χ4n) is 2.76. The number of urea groups is 1. The maximum absolute atomic E-state index is 11.7. The first-order valence-corrected chi connectivity index (χ1v) is 8.00. The second kappa shape index (κ2) is 6.50. The van der Waals surface area contributed by atoms with Crippen LogP contribution in [0, 0.1) is 5.41 Å². The number of carboxylic acids is 1. The second-order valence-electron chi connectivity index (χ2n) is 5.62. The molecule has 5 nitrogen and oxygen atoms in total. The van der Waals surface area contributed by atoms with Crippen LogP contribution in [-0.4, -0.2) is 41.2 Å². The van der Waals surface area contributed by atoms with Gasteiger partial charge in [-0.1, -0.05) is 6.42 Å². The molecule has 108 valence electrons. The summed E-state index contributed by atoms with van der Waals surface area (Å²) in [5, 5.41) is 15.2. The Morgan fingerprint density at radius 3 is 2.58 bits per heavy atom. The molecule has 0 radical (unpaired) electrons. The van der Waals surface area contributed by atoms with Crippen LogP contribution in [0.4, 0.5) is 4.79 Å². The van der Waals surface area contributed by atoms with Crippen LogP contribution in [0.15, 0.2) is 0 Å². The van der Waals surface area contributed by atoms with Crippen molar-refractivity contribution >= 4 is 23.8 Å². The average Bonchev–Trinajstić information content (AvgIpc) is 2.82. The summed E-state index contributed by atoms with van der Waals surface area (Å²) in [6, 6.07) is -0.163. The third kappa shape index (κ3) is 4.30. The minimum atomic E-state index is -0.774. The van der Waals surface area contributed by atoms with Crippen LogP contribution in [-0.2, 0) is 4.79 Å². The molecule has 1 aliphatic heterocycles. The van der Waals surface area contributed by atoms with Crippen molar-refractivity contribution in [2.45, 2.75) is 43.8 Å². The van der Waals surface area contributed by atoms with Gasteiger partial charge in [-0.3, -0.25) is 4.79 Å². The van der Waals surface area contributed by atoms with Crippen molar-refractivity contribution in [2.24, 2.45) is 5.41 Å². The lowest BCUT2D eigenvalue weighted by Crippen LogP contribution is -2.47. The van der Waals surface area contributed by atoms with Crippen molar-refractivity contribution in [1.29, 1.82) is 0 Å². The highest BCUT2D eigenvalue weighted by molar-refractivity contribution is 8.00. The van der Waals surface area contributed by atoms with Gasteiger partial charge in [0.05, 0.1) is 6.42 Å². The van der Waals surface area contributed by atoms with Gasteiger partial charge in [-0.15, -0.1) is 0 Å². The molecule has 1 saturated carbocycles. The van der Waals surface area contributed by atoms with Gasteiger partial charge in [0.25, 0.3) is 0 Å². The van der Waals surface area contributed by atoms with Crippen LogP contribution in [0.3, 0.4) is 0 Å². The smallest absolute Gasteiger partial charge is 0.314 e. The van der Waals surface area contributed by atoms with Gasteiger partial charge in [0.15, 0.2) is 0 Å². The van der Waals surface area contributed by atoms with Crippen molar-refractivity contribution in [3.8, 4) is 0 Å². The van der Waals surface area contributed by atoms with Crippen molar-refractivity contribution in [1.82, 2.24) is 10.6 Å². The first-order valence-electron chi connectivity index (χ1n) is 6.95. The number of nitrogens with one attached hydrogen (secondary N) is 2. The molecule has 6 heteroatoms. The molecule has 1 unspecified atom stereocenters. The molecule has 1 atom stereocenters. The zero-order chi connectivity index (χ0) is 13.7. The topological polar surface area (TPSA) is 78.4 Å². The molecule has 2 rings (SSSR count). The SMILES string of the molecule is O=C(O)CC1(CNC(=O)NCC2CCCS2)CCC1. The van der Waals surface area contributed by atoms with E-state index in [9.17, 15) is 9.59 Å². The van der Waals surface area contributed by atoms with Crippen molar-refractivity contribution < 1.29 is 14.7 Å². The van der Waals surface area contributed by atoms with Crippen LogP contribution in [0.25, 0.3) is 0 Å². The van der Waals surface area contributed by atoms with Gasteiger partial charge in [0.2, 0.25) is 0 Å². The number of carbonyl (C=O) groups is 2. The summed E-state index contributed by atoms with van der Waals surface area (Å²) in [5.74, 6) is 0.416. The monoisotopic (exact) mass is 286 g/mol. The van der Waals surface area contributed by atoms with E-state index in [-0.39, 0.29) is 17.9 Å². The van der Waals surface area contributed by atoms with Gasteiger partial charge in [-0.2, -0.15) is 11.8 Å². The highest BCUT2D eigenvalue weighted by atomic mass is 32.2. The van der Waals surface area contributed by atoms with E-state index in [0.717, 1.165) is 19.3 Å². The minimum Gasteiger partial charge on any atom is -0.481 e. The number of carbonyl (C=O) groups excluding carboxylic acids is 1. The number of rotatable bonds is 6. The van der Waals surface area contributed by atoms with Crippen LogP contribution < -0.4 is 10.6 Å². The van der Waals surface area contributed by atoms with E-state index in [4.69, 9.17) is 5.11 Å². The van der Waals surface area contributed by atoms with E-state index in [2.05, 4.69) is 10.6 Å². The van der Waals surface area contributed by atoms with Crippen LogP contribution in [0.2, 0.25) is 0 Å². The lowest BCUT2D eigenvalue weighted by molar-refractivity contribution is -0.141. The molecule has 2 amide bonds. The largest absolute Gasteiger partial charge is 0.481 e. The molecular formula is C13H22N2O3S. The van der Waals surface area contributed by atoms with Gasteiger partial charge in [0.1, 0.15) is 0 Å². The molecule has 0 spiro atoms. The summed E-state index contributed by atoms with van der Waals surface area (Å²) in [5.41, 5.74) is -0.203. The molecule has 2 fully saturated rings. The quantitative estimate of drug-likeness (QED) is 0.696. The third-order valence-corrected chi connectivity index (χ3v) is 5.48. The normalized spacial score (nSPS) is 24.5. The zero-order valence-electron chi connectivity index (χ0n) is 11.1. The maximum Gasteiger partial charge on any atom is 0.314 e. The maximum atomic E-state index is 11.7. The number of hydrogen-bond donors (Lipinski definition) is 3. The second-order valence-corrected chi connectivity index (χ2v) is 7.03. The average molecular weight is 286 g/mol. The predicted octanol–water partition coefficient (Wildman–Crippen LogP) is 1.83. The fourth-order valence-corrected chi connectivity index (χ4v) is 3.96.